The third-order valence-electron chi connectivity index (χ3n) is 1.32. The van der Waals surface area contributed by atoms with E-state index in [1.807, 2.05) is 0 Å². The average molecular weight is 136 g/mol. The van der Waals surface area contributed by atoms with Crippen molar-refractivity contribution in [2.75, 3.05) is 0 Å². The Hall–Kier alpha value is -1.38. The molecule has 1 atom stereocenters. The SMILES string of the molecule is N=C(N)C1C=CC=CC1=O. The van der Waals surface area contributed by atoms with E-state index in [0.29, 0.717) is 0 Å². The van der Waals surface area contributed by atoms with Crippen molar-refractivity contribution in [1.82, 2.24) is 0 Å². The average Bonchev–Trinajstić information content (AvgIpc) is 1.88. The Kier molecular flexibility index (Phi) is 1.67. The molecule has 0 fully saturated rings. The second-order valence-electron chi connectivity index (χ2n) is 2.08. The number of hydrogen-bond acceptors (Lipinski definition) is 2. The predicted molar refractivity (Wildman–Crippen MR) is 38.7 cm³/mol. The zero-order valence-corrected chi connectivity index (χ0v) is 5.37. The van der Waals surface area contributed by atoms with Crippen LogP contribution in [0.3, 0.4) is 0 Å². The van der Waals surface area contributed by atoms with Crippen LogP contribution in [0.5, 0.6) is 0 Å². The third kappa shape index (κ3) is 1.13. The number of nitrogens with two attached hydrogens (primary N) is 1. The molecule has 3 N–H and O–H groups in total. The molecule has 0 aromatic rings. The van der Waals surface area contributed by atoms with Crippen LogP contribution in [-0.2, 0) is 4.79 Å². The number of allylic oxidation sites excluding steroid dienone is 3. The highest BCUT2D eigenvalue weighted by Gasteiger charge is 2.16. The van der Waals surface area contributed by atoms with Gasteiger partial charge in [-0.15, -0.1) is 0 Å². The van der Waals surface area contributed by atoms with Crippen molar-refractivity contribution in [3.05, 3.63) is 24.3 Å². The lowest BCUT2D eigenvalue weighted by atomic mass is 9.99. The van der Waals surface area contributed by atoms with Gasteiger partial charge in [-0.3, -0.25) is 10.2 Å². The number of hydrogen-bond donors (Lipinski definition) is 2. The monoisotopic (exact) mass is 136 g/mol. The van der Waals surface area contributed by atoms with Gasteiger partial charge in [0.25, 0.3) is 0 Å². The van der Waals surface area contributed by atoms with Crippen molar-refractivity contribution < 1.29 is 4.79 Å². The normalized spacial score (nSPS) is 23.2. The summed E-state index contributed by atoms with van der Waals surface area (Å²) in [7, 11) is 0. The molecule has 0 heterocycles. The maximum Gasteiger partial charge on any atom is 0.170 e. The van der Waals surface area contributed by atoms with Crippen molar-refractivity contribution in [3.63, 3.8) is 0 Å². The van der Waals surface area contributed by atoms with Crippen LogP contribution in [0.15, 0.2) is 24.3 Å². The summed E-state index contributed by atoms with van der Waals surface area (Å²) < 4.78 is 0. The molecule has 1 aliphatic carbocycles. The van der Waals surface area contributed by atoms with Crippen LogP contribution in [0.4, 0.5) is 0 Å². The fourth-order valence-electron chi connectivity index (χ4n) is 0.781. The van der Waals surface area contributed by atoms with E-state index in [-0.39, 0.29) is 11.6 Å². The first kappa shape index (κ1) is 6.74. The fraction of sp³-hybridized carbons (Fsp3) is 0.143. The molecule has 52 valence electrons. The summed E-state index contributed by atoms with van der Waals surface area (Å²) in [5, 5.41) is 6.99. The molecule has 10 heavy (non-hydrogen) atoms. The van der Waals surface area contributed by atoms with Crippen molar-refractivity contribution in [2.24, 2.45) is 11.7 Å². The van der Waals surface area contributed by atoms with Gasteiger partial charge in [-0.05, 0) is 6.08 Å². The summed E-state index contributed by atoms with van der Waals surface area (Å²) >= 11 is 0. The number of rotatable bonds is 1. The molecule has 1 unspecified atom stereocenters. The summed E-state index contributed by atoms with van der Waals surface area (Å²) in [6, 6.07) is 0. The molecular formula is C7H8N2O. The predicted octanol–water partition coefficient (Wildman–Crippen LogP) is 0.234. The van der Waals surface area contributed by atoms with Crippen LogP contribution in [0.2, 0.25) is 0 Å². The second kappa shape index (κ2) is 2.47. The van der Waals surface area contributed by atoms with Gasteiger partial charge in [0.15, 0.2) is 5.78 Å². The maximum atomic E-state index is 10.9. The molecule has 3 nitrogen and oxygen atoms in total. The van der Waals surface area contributed by atoms with Crippen LogP contribution in [0.1, 0.15) is 0 Å². The number of carbonyl (C=O) groups excluding carboxylic acids is 1. The van der Waals surface area contributed by atoms with E-state index in [1.165, 1.54) is 6.08 Å². The summed E-state index contributed by atoms with van der Waals surface area (Å²) in [5.41, 5.74) is 5.13. The fourth-order valence-corrected chi connectivity index (χ4v) is 0.781. The van der Waals surface area contributed by atoms with Gasteiger partial charge in [0.1, 0.15) is 5.84 Å². The van der Waals surface area contributed by atoms with Crippen LogP contribution in [0.25, 0.3) is 0 Å². The molecule has 0 aromatic heterocycles. The molecule has 0 bridgehead atoms. The van der Waals surface area contributed by atoms with E-state index < -0.39 is 5.92 Å². The lowest BCUT2D eigenvalue weighted by Gasteiger charge is -2.07. The molecule has 1 rings (SSSR count). The second-order valence-corrected chi connectivity index (χ2v) is 2.08. The topological polar surface area (TPSA) is 66.9 Å². The van der Waals surface area contributed by atoms with E-state index in [9.17, 15) is 4.79 Å². The molecule has 0 spiro atoms. The lowest BCUT2D eigenvalue weighted by molar-refractivity contribution is -0.115. The number of ketones is 1. The smallest absolute Gasteiger partial charge is 0.170 e. The number of amidine groups is 1. The van der Waals surface area contributed by atoms with E-state index in [2.05, 4.69) is 0 Å². The minimum atomic E-state index is -0.523. The number of nitrogens with one attached hydrogen (secondary N) is 1. The highest BCUT2D eigenvalue weighted by Crippen LogP contribution is 2.06. The minimum Gasteiger partial charge on any atom is -0.387 e. The first-order valence-corrected chi connectivity index (χ1v) is 2.94. The quantitative estimate of drug-likeness (QED) is 0.400. The van der Waals surface area contributed by atoms with Crippen LogP contribution >= 0.6 is 0 Å². The maximum absolute atomic E-state index is 10.9. The summed E-state index contributed by atoms with van der Waals surface area (Å²) in [6.07, 6.45) is 6.39. The highest BCUT2D eigenvalue weighted by molar-refractivity contribution is 6.09. The molecule has 0 aliphatic heterocycles. The van der Waals surface area contributed by atoms with Gasteiger partial charge in [-0.25, -0.2) is 0 Å². The van der Waals surface area contributed by atoms with Gasteiger partial charge in [0, 0.05) is 0 Å². The van der Waals surface area contributed by atoms with Crippen LogP contribution in [-0.4, -0.2) is 11.6 Å². The first-order chi connectivity index (χ1) is 4.72. The Morgan fingerprint density at radius 1 is 1.60 bits per heavy atom. The van der Waals surface area contributed by atoms with E-state index in [1.54, 1.807) is 18.2 Å². The third-order valence-corrected chi connectivity index (χ3v) is 1.32. The largest absolute Gasteiger partial charge is 0.387 e. The highest BCUT2D eigenvalue weighted by atomic mass is 16.1. The lowest BCUT2D eigenvalue weighted by Crippen LogP contribution is -2.27. The summed E-state index contributed by atoms with van der Waals surface area (Å²) in [5.74, 6) is -0.731. The Labute approximate surface area is 58.7 Å². The zero-order chi connectivity index (χ0) is 7.56. The Morgan fingerprint density at radius 2 is 2.30 bits per heavy atom. The van der Waals surface area contributed by atoms with E-state index in [4.69, 9.17) is 11.1 Å². The van der Waals surface area contributed by atoms with E-state index >= 15 is 0 Å². The molecule has 0 aromatic carbocycles. The zero-order valence-electron chi connectivity index (χ0n) is 5.37. The minimum absolute atomic E-state index is 0.0920. The molecular weight excluding hydrogens is 128 g/mol. The Bertz CT molecular complexity index is 228. The van der Waals surface area contributed by atoms with Crippen LogP contribution in [0, 0.1) is 11.3 Å². The number of carbonyl (C=O) groups is 1. The van der Waals surface area contributed by atoms with Gasteiger partial charge in [0.05, 0.1) is 5.92 Å². The molecule has 0 saturated heterocycles. The Balaban J connectivity index is 2.80. The van der Waals surface area contributed by atoms with Crippen molar-refractivity contribution >= 4 is 11.6 Å². The van der Waals surface area contributed by atoms with Crippen molar-refractivity contribution in [3.8, 4) is 0 Å². The molecule has 3 heteroatoms. The van der Waals surface area contributed by atoms with Gasteiger partial charge in [-0.1, -0.05) is 18.2 Å². The first-order valence-electron chi connectivity index (χ1n) is 2.94. The summed E-state index contributed by atoms with van der Waals surface area (Å²) in [6.45, 7) is 0. The van der Waals surface area contributed by atoms with Gasteiger partial charge in [0.2, 0.25) is 0 Å². The van der Waals surface area contributed by atoms with Gasteiger partial charge < -0.3 is 5.73 Å². The van der Waals surface area contributed by atoms with Crippen molar-refractivity contribution in [2.45, 2.75) is 0 Å². The molecule has 1 aliphatic rings. The molecule has 0 saturated carbocycles. The summed E-state index contributed by atoms with van der Waals surface area (Å²) in [4.78, 5) is 10.9. The Morgan fingerprint density at radius 3 is 2.70 bits per heavy atom. The standard InChI is InChI=1S/C7H8N2O/c8-7(9)5-3-1-2-4-6(5)10/h1-5H,(H3,8,9). The van der Waals surface area contributed by atoms with Gasteiger partial charge in [-0.2, -0.15) is 0 Å². The van der Waals surface area contributed by atoms with Gasteiger partial charge >= 0.3 is 0 Å². The molecule has 0 radical (unpaired) electrons. The van der Waals surface area contributed by atoms with E-state index in [0.717, 1.165) is 0 Å². The van der Waals surface area contributed by atoms with Crippen molar-refractivity contribution in [1.29, 1.82) is 5.41 Å². The molecule has 0 amide bonds. The van der Waals surface area contributed by atoms with Crippen LogP contribution < -0.4 is 5.73 Å².